The highest BCUT2D eigenvalue weighted by atomic mass is 32.2. The molecular weight excluding hydrogens is 236 g/mol. The molecule has 0 radical (unpaired) electrons. The molecule has 0 aliphatic carbocycles. The van der Waals surface area contributed by atoms with Crippen LogP contribution in [0.2, 0.25) is 0 Å². The number of nitrogens with zero attached hydrogens (tertiary/aromatic N) is 1. The van der Waals surface area contributed by atoms with E-state index in [1.807, 2.05) is 4.89 Å². The first-order valence-corrected chi connectivity index (χ1v) is 6.02. The van der Waals surface area contributed by atoms with Crippen LogP contribution >= 0.6 is 0 Å². The van der Waals surface area contributed by atoms with E-state index in [0.717, 1.165) is 0 Å². The van der Waals surface area contributed by atoms with Crippen molar-refractivity contribution in [3.05, 3.63) is 11.5 Å². The molecule has 0 aliphatic rings. The number of hydrogen-bond donors (Lipinski definition) is 1. The summed E-state index contributed by atoms with van der Waals surface area (Å²) in [7, 11) is -2.25. The molecule has 0 amide bonds. The van der Waals surface area contributed by atoms with Crippen LogP contribution in [0.15, 0.2) is 9.42 Å². The van der Waals surface area contributed by atoms with Crippen LogP contribution in [-0.4, -0.2) is 33.9 Å². The van der Waals surface area contributed by atoms with E-state index in [1.54, 1.807) is 6.92 Å². The fraction of sp³-hybridized carbons (Fsp3) is 0.625. The molecule has 0 saturated carbocycles. The molecule has 7 nitrogen and oxygen atoms in total. The maximum atomic E-state index is 11.7. The summed E-state index contributed by atoms with van der Waals surface area (Å²) in [4.78, 5) is 6.71. The van der Waals surface area contributed by atoms with Crippen LogP contribution in [0.4, 0.5) is 0 Å². The predicted octanol–water partition coefficient (Wildman–Crippen LogP) is 0.148. The van der Waals surface area contributed by atoms with Crippen molar-refractivity contribution in [3.63, 3.8) is 0 Å². The lowest BCUT2D eigenvalue weighted by atomic mass is 10.4. The summed E-state index contributed by atoms with van der Waals surface area (Å²) in [5.41, 5.74) is 0.292. The minimum absolute atomic E-state index is 0.00455. The number of sulfonamides is 1. The van der Waals surface area contributed by atoms with E-state index in [0.29, 0.717) is 12.3 Å². The fourth-order valence-corrected chi connectivity index (χ4v) is 2.31. The minimum Gasteiger partial charge on any atom is -0.382 e. The Balaban J connectivity index is 2.71. The van der Waals surface area contributed by atoms with Gasteiger partial charge in [-0.2, -0.15) is 0 Å². The smallest absolute Gasteiger partial charge is 0.267 e. The molecule has 92 valence electrons. The largest absolute Gasteiger partial charge is 0.382 e. The van der Waals surface area contributed by atoms with E-state index < -0.39 is 10.0 Å². The van der Waals surface area contributed by atoms with Gasteiger partial charge >= 0.3 is 0 Å². The van der Waals surface area contributed by atoms with Crippen molar-refractivity contribution < 1.29 is 22.5 Å². The van der Waals surface area contributed by atoms with Gasteiger partial charge in [0.05, 0.1) is 13.2 Å². The number of ether oxygens (including phenoxy) is 1. The van der Waals surface area contributed by atoms with Gasteiger partial charge in [0.2, 0.25) is 0 Å². The quantitative estimate of drug-likeness (QED) is 0.570. The summed E-state index contributed by atoms with van der Waals surface area (Å²) in [5, 5.41) is 3.55. The summed E-state index contributed by atoms with van der Waals surface area (Å²) in [6.07, 6.45) is 0. The van der Waals surface area contributed by atoms with Gasteiger partial charge < -0.3 is 9.26 Å². The molecule has 0 aromatic carbocycles. The second kappa shape index (κ2) is 5.39. The molecule has 0 saturated heterocycles. The average molecular weight is 250 g/mol. The third-order valence-electron chi connectivity index (χ3n) is 1.79. The van der Waals surface area contributed by atoms with Gasteiger partial charge in [-0.3, -0.25) is 4.84 Å². The van der Waals surface area contributed by atoms with Crippen LogP contribution in [0, 0.1) is 13.8 Å². The Morgan fingerprint density at radius 3 is 2.56 bits per heavy atom. The summed E-state index contributed by atoms with van der Waals surface area (Å²) < 4.78 is 32.9. The number of aryl methyl sites for hydroxylation is 2. The zero-order valence-corrected chi connectivity index (χ0v) is 10.1. The second-order valence-corrected chi connectivity index (χ2v) is 4.66. The Kier molecular flexibility index (Phi) is 4.42. The van der Waals surface area contributed by atoms with Crippen molar-refractivity contribution >= 4 is 10.0 Å². The molecule has 1 aromatic rings. The monoisotopic (exact) mass is 250 g/mol. The maximum Gasteiger partial charge on any atom is 0.267 e. The van der Waals surface area contributed by atoms with Crippen molar-refractivity contribution in [2.24, 2.45) is 0 Å². The van der Waals surface area contributed by atoms with Gasteiger partial charge in [0.1, 0.15) is 10.6 Å². The van der Waals surface area contributed by atoms with Gasteiger partial charge in [0, 0.05) is 7.11 Å². The summed E-state index contributed by atoms with van der Waals surface area (Å²) in [6.45, 7) is 3.48. The van der Waals surface area contributed by atoms with Crippen molar-refractivity contribution in [2.45, 2.75) is 18.7 Å². The molecular formula is C8H14N2O5S. The first-order chi connectivity index (χ1) is 7.49. The topological polar surface area (TPSA) is 90.7 Å². The van der Waals surface area contributed by atoms with E-state index in [1.165, 1.54) is 14.0 Å². The van der Waals surface area contributed by atoms with Crippen molar-refractivity contribution in [2.75, 3.05) is 20.3 Å². The average Bonchev–Trinajstić information content (AvgIpc) is 2.54. The second-order valence-electron chi connectivity index (χ2n) is 3.08. The van der Waals surface area contributed by atoms with Crippen molar-refractivity contribution in [1.82, 2.24) is 10.0 Å². The zero-order valence-electron chi connectivity index (χ0n) is 9.31. The molecule has 1 heterocycles. The number of nitrogens with one attached hydrogen (secondary N) is 1. The lowest BCUT2D eigenvalue weighted by Gasteiger charge is -2.05. The molecule has 1 aromatic heterocycles. The number of methoxy groups -OCH3 is 1. The molecule has 0 spiro atoms. The number of hydrogen-bond acceptors (Lipinski definition) is 6. The lowest BCUT2D eigenvalue weighted by Crippen LogP contribution is -2.26. The van der Waals surface area contributed by atoms with E-state index >= 15 is 0 Å². The Bertz CT molecular complexity index is 420. The van der Waals surface area contributed by atoms with Gasteiger partial charge in [-0.05, 0) is 13.8 Å². The molecule has 0 aliphatic heterocycles. The third kappa shape index (κ3) is 3.01. The highest BCUT2D eigenvalue weighted by Crippen LogP contribution is 2.18. The minimum atomic E-state index is -3.74. The van der Waals surface area contributed by atoms with E-state index in [2.05, 4.69) is 5.16 Å². The molecule has 16 heavy (non-hydrogen) atoms. The van der Waals surface area contributed by atoms with E-state index in [4.69, 9.17) is 14.1 Å². The SMILES string of the molecule is COCCONS(=O)(=O)c1c(C)noc1C. The van der Waals surface area contributed by atoms with E-state index in [9.17, 15) is 8.42 Å². The Morgan fingerprint density at radius 1 is 1.38 bits per heavy atom. The van der Waals surface area contributed by atoms with Gasteiger partial charge in [0.15, 0.2) is 5.76 Å². The van der Waals surface area contributed by atoms with Crippen molar-refractivity contribution in [3.8, 4) is 0 Å². The van der Waals surface area contributed by atoms with Gasteiger partial charge in [0.25, 0.3) is 10.0 Å². The van der Waals surface area contributed by atoms with Gasteiger partial charge in [-0.1, -0.05) is 10.0 Å². The molecule has 0 bridgehead atoms. The maximum absolute atomic E-state index is 11.7. The normalized spacial score (nSPS) is 11.9. The van der Waals surface area contributed by atoms with Crippen LogP contribution in [0.3, 0.4) is 0 Å². The van der Waals surface area contributed by atoms with Crippen LogP contribution in [0.5, 0.6) is 0 Å². The molecule has 0 unspecified atom stereocenters. The Labute approximate surface area is 93.7 Å². The van der Waals surface area contributed by atoms with Crippen LogP contribution in [-0.2, 0) is 19.6 Å². The standard InChI is InChI=1S/C8H14N2O5S/c1-6-8(7(2)15-9-6)16(11,12)10-14-5-4-13-3/h10H,4-5H2,1-3H3. The third-order valence-corrected chi connectivity index (χ3v) is 3.25. The number of aromatic nitrogens is 1. The predicted molar refractivity (Wildman–Crippen MR) is 54.1 cm³/mol. The highest BCUT2D eigenvalue weighted by molar-refractivity contribution is 7.89. The zero-order chi connectivity index (χ0) is 12.2. The van der Waals surface area contributed by atoms with Crippen LogP contribution < -0.4 is 4.89 Å². The van der Waals surface area contributed by atoms with Gasteiger partial charge in [-0.15, -0.1) is 0 Å². The first kappa shape index (κ1) is 13.1. The van der Waals surface area contributed by atoms with Crippen LogP contribution in [0.25, 0.3) is 0 Å². The highest BCUT2D eigenvalue weighted by Gasteiger charge is 2.24. The Hall–Kier alpha value is -0.960. The molecule has 1 N–H and O–H groups in total. The molecule has 0 atom stereocenters. The summed E-state index contributed by atoms with van der Waals surface area (Å²) in [6, 6.07) is 0. The molecule has 0 fully saturated rings. The summed E-state index contributed by atoms with van der Waals surface area (Å²) in [5.74, 6) is 0.223. The molecule has 8 heteroatoms. The first-order valence-electron chi connectivity index (χ1n) is 4.54. The summed E-state index contributed by atoms with van der Waals surface area (Å²) >= 11 is 0. The molecule has 1 rings (SSSR count). The van der Waals surface area contributed by atoms with Crippen LogP contribution in [0.1, 0.15) is 11.5 Å². The van der Waals surface area contributed by atoms with E-state index in [-0.39, 0.29) is 17.3 Å². The van der Waals surface area contributed by atoms with Gasteiger partial charge in [-0.25, -0.2) is 8.42 Å². The van der Waals surface area contributed by atoms with Crippen molar-refractivity contribution in [1.29, 1.82) is 0 Å². The Morgan fingerprint density at radius 2 is 2.06 bits per heavy atom. The number of rotatable bonds is 6. The lowest BCUT2D eigenvalue weighted by molar-refractivity contribution is 0.0438. The fourth-order valence-electron chi connectivity index (χ4n) is 1.14.